The van der Waals surface area contributed by atoms with Crippen molar-refractivity contribution in [3.63, 3.8) is 0 Å². The van der Waals surface area contributed by atoms with Gasteiger partial charge in [0.1, 0.15) is 5.75 Å². The highest BCUT2D eigenvalue weighted by Crippen LogP contribution is 2.27. The van der Waals surface area contributed by atoms with Crippen molar-refractivity contribution >= 4 is 17.5 Å². The van der Waals surface area contributed by atoms with E-state index in [-0.39, 0.29) is 23.8 Å². The number of carbonyl (C=O) groups excluding carboxylic acids is 1. The van der Waals surface area contributed by atoms with Gasteiger partial charge in [-0.1, -0.05) is 37.6 Å². The fourth-order valence-corrected chi connectivity index (χ4v) is 2.44. The van der Waals surface area contributed by atoms with Gasteiger partial charge in [-0.05, 0) is 35.7 Å². The molecule has 0 radical (unpaired) electrons. The molecular formula is C19H21ClFNO3. The number of amides is 1. The van der Waals surface area contributed by atoms with Crippen molar-refractivity contribution in [1.29, 1.82) is 0 Å². The first-order chi connectivity index (χ1) is 11.9. The number of hydrogen-bond acceptors (Lipinski definition) is 3. The molecule has 0 fully saturated rings. The molecule has 25 heavy (non-hydrogen) atoms. The van der Waals surface area contributed by atoms with Crippen LogP contribution in [-0.4, -0.2) is 19.6 Å². The Hall–Kier alpha value is -2.27. The molecular weight excluding hydrogens is 345 g/mol. The number of methoxy groups -OCH3 is 1. The maximum Gasteiger partial charge on any atom is 0.256 e. The number of benzene rings is 2. The van der Waals surface area contributed by atoms with E-state index in [2.05, 4.69) is 5.32 Å². The molecule has 2 aromatic rings. The van der Waals surface area contributed by atoms with Crippen LogP contribution in [-0.2, 0) is 6.54 Å². The summed E-state index contributed by atoms with van der Waals surface area (Å²) in [5.74, 6) is 0.0517. The second-order valence-corrected chi connectivity index (χ2v) is 6.38. The largest absolute Gasteiger partial charge is 0.494 e. The first-order valence-electron chi connectivity index (χ1n) is 7.94. The summed E-state index contributed by atoms with van der Waals surface area (Å²) in [5, 5.41) is 3.04. The van der Waals surface area contributed by atoms with E-state index in [1.807, 2.05) is 13.8 Å². The van der Waals surface area contributed by atoms with E-state index in [4.69, 9.17) is 21.1 Å². The van der Waals surface area contributed by atoms with Crippen LogP contribution >= 0.6 is 11.6 Å². The minimum absolute atomic E-state index is 0.158. The van der Waals surface area contributed by atoms with E-state index >= 15 is 0 Å². The Morgan fingerprint density at radius 2 is 2.00 bits per heavy atom. The van der Waals surface area contributed by atoms with E-state index < -0.39 is 5.82 Å². The standard InChI is InChI=1S/C19H21ClFNO3/c1-12(2)11-25-17-6-4-5-14(20)18(17)19(23)22-10-13-7-8-16(24-3)15(21)9-13/h4-9,12H,10-11H2,1-3H3,(H,22,23). The quantitative estimate of drug-likeness (QED) is 0.788. The van der Waals surface area contributed by atoms with Gasteiger partial charge in [0.2, 0.25) is 0 Å². The van der Waals surface area contributed by atoms with Crippen molar-refractivity contribution < 1.29 is 18.7 Å². The minimum Gasteiger partial charge on any atom is -0.494 e. The molecule has 0 spiro atoms. The summed E-state index contributed by atoms with van der Waals surface area (Å²) in [6, 6.07) is 9.59. The van der Waals surface area contributed by atoms with Crippen LogP contribution in [0.15, 0.2) is 36.4 Å². The van der Waals surface area contributed by atoms with Gasteiger partial charge >= 0.3 is 0 Å². The summed E-state index contributed by atoms with van der Waals surface area (Å²) in [5.41, 5.74) is 0.891. The summed E-state index contributed by atoms with van der Waals surface area (Å²) < 4.78 is 24.3. The molecule has 0 unspecified atom stereocenters. The molecule has 6 heteroatoms. The van der Waals surface area contributed by atoms with Gasteiger partial charge in [-0.15, -0.1) is 0 Å². The van der Waals surface area contributed by atoms with Crippen molar-refractivity contribution in [2.45, 2.75) is 20.4 Å². The fourth-order valence-electron chi connectivity index (χ4n) is 2.19. The second kappa shape index (κ2) is 8.72. The van der Waals surface area contributed by atoms with Gasteiger partial charge in [0.15, 0.2) is 11.6 Å². The number of nitrogens with one attached hydrogen (secondary N) is 1. The zero-order chi connectivity index (χ0) is 18.4. The Bertz CT molecular complexity index is 749. The van der Waals surface area contributed by atoms with Gasteiger partial charge in [0.25, 0.3) is 5.91 Å². The van der Waals surface area contributed by atoms with Crippen LogP contribution < -0.4 is 14.8 Å². The fraction of sp³-hybridized carbons (Fsp3) is 0.316. The molecule has 0 aromatic heterocycles. The van der Waals surface area contributed by atoms with Crippen molar-refractivity contribution in [1.82, 2.24) is 5.32 Å². The number of carbonyl (C=O) groups is 1. The zero-order valence-electron chi connectivity index (χ0n) is 14.4. The molecule has 0 saturated carbocycles. The third kappa shape index (κ3) is 5.10. The lowest BCUT2D eigenvalue weighted by Crippen LogP contribution is -2.24. The molecule has 0 aliphatic carbocycles. The molecule has 1 amide bonds. The van der Waals surface area contributed by atoms with Crippen molar-refractivity contribution in [2.24, 2.45) is 5.92 Å². The van der Waals surface area contributed by atoms with E-state index in [0.29, 0.717) is 28.9 Å². The summed E-state index contributed by atoms with van der Waals surface area (Å²) in [7, 11) is 1.40. The van der Waals surface area contributed by atoms with E-state index in [9.17, 15) is 9.18 Å². The summed E-state index contributed by atoms with van der Waals surface area (Å²) in [4.78, 5) is 12.5. The minimum atomic E-state index is -0.479. The lowest BCUT2D eigenvalue weighted by Gasteiger charge is -2.14. The average molecular weight is 366 g/mol. The molecule has 0 saturated heterocycles. The van der Waals surface area contributed by atoms with Gasteiger partial charge in [0, 0.05) is 6.54 Å². The highest BCUT2D eigenvalue weighted by atomic mass is 35.5. The van der Waals surface area contributed by atoms with Crippen molar-refractivity contribution in [3.8, 4) is 11.5 Å². The van der Waals surface area contributed by atoms with Gasteiger partial charge in [0.05, 0.1) is 24.3 Å². The Kier molecular flexibility index (Phi) is 6.65. The maximum atomic E-state index is 13.7. The summed E-state index contributed by atoms with van der Waals surface area (Å²) >= 11 is 6.17. The smallest absolute Gasteiger partial charge is 0.256 e. The molecule has 2 aromatic carbocycles. The Balaban J connectivity index is 2.11. The highest BCUT2D eigenvalue weighted by molar-refractivity contribution is 6.34. The molecule has 2 rings (SSSR count). The number of ether oxygens (including phenoxy) is 2. The van der Waals surface area contributed by atoms with Crippen molar-refractivity contribution in [2.75, 3.05) is 13.7 Å². The molecule has 0 atom stereocenters. The lowest BCUT2D eigenvalue weighted by atomic mass is 10.1. The first kappa shape index (κ1) is 19.1. The maximum absolute atomic E-state index is 13.7. The predicted molar refractivity (Wildman–Crippen MR) is 95.9 cm³/mol. The van der Waals surface area contributed by atoms with Gasteiger partial charge in [-0.3, -0.25) is 4.79 Å². The van der Waals surface area contributed by atoms with Crippen LogP contribution in [0.2, 0.25) is 5.02 Å². The Morgan fingerprint density at radius 1 is 1.24 bits per heavy atom. The molecule has 0 heterocycles. The van der Waals surface area contributed by atoms with Crippen molar-refractivity contribution in [3.05, 3.63) is 58.4 Å². The Morgan fingerprint density at radius 3 is 2.64 bits per heavy atom. The number of halogens is 2. The summed E-state index contributed by atoms with van der Waals surface area (Å²) in [6.07, 6.45) is 0. The molecule has 1 N–H and O–H groups in total. The van der Waals surface area contributed by atoms with Crippen LogP contribution in [0.25, 0.3) is 0 Å². The van der Waals surface area contributed by atoms with Crippen LogP contribution in [0.3, 0.4) is 0 Å². The third-order valence-corrected chi connectivity index (χ3v) is 3.76. The van der Waals surface area contributed by atoms with Crippen LogP contribution in [0.5, 0.6) is 11.5 Å². The number of rotatable bonds is 7. The molecule has 0 aliphatic heterocycles. The number of hydrogen-bond donors (Lipinski definition) is 1. The second-order valence-electron chi connectivity index (χ2n) is 5.97. The molecule has 0 bridgehead atoms. The van der Waals surface area contributed by atoms with Gasteiger partial charge < -0.3 is 14.8 Å². The first-order valence-corrected chi connectivity index (χ1v) is 8.32. The highest BCUT2D eigenvalue weighted by Gasteiger charge is 2.17. The SMILES string of the molecule is COc1ccc(CNC(=O)c2c(Cl)cccc2OCC(C)C)cc1F. The zero-order valence-corrected chi connectivity index (χ0v) is 15.2. The van der Waals surface area contributed by atoms with Gasteiger partial charge in [-0.25, -0.2) is 4.39 Å². The Labute approximate surface area is 151 Å². The van der Waals surface area contributed by atoms with Crippen LogP contribution in [0.4, 0.5) is 4.39 Å². The lowest BCUT2D eigenvalue weighted by molar-refractivity contribution is 0.0946. The van der Waals surface area contributed by atoms with E-state index in [1.165, 1.54) is 19.2 Å². The third-order valence-electron chi connectivity index (χ3n) is 3.44. The van der Waals surface area contributed by atoms with E-state index in [0.717, 1.165) is 0 Å². The van der Waals surface area contributed by atoms with Crippen LogP contribution in [0.1, 0.15) is 29.8 Å². The monoisotopic (exact) mass is 365 g/mol. The van der Waals surface area contributed by atoms with Crippen LogP contribution in [0, 0.1) is 11.7 Å². The predicted octanol–water partition coefficient (Wildman–Crippen LogP) is 4.45. The molecule has 134 valence electrons. The normalized spacial score (nSPS) is 10.6. The average Bonchev–Trinajstić information content (AvgIpc) is 2.58. The molecule has 4 nitrogen and oxygen atoms in total. The summed E-state index contributed by atoms with van der Waals surface area (Å²) in [6.45, 7) is 4.67. The van der Waals surface area contributed by atoms with E-state index in [1.54, 1.807) is 24.3 Å². The van der Waals surface area contributed by atoms with Gasteiger partial charge in [-0.2, -0.15) is 0 Å². The molecule has 0 aliphatic rings. The topological polar surface area (TPSA) is 47.6 Å².